The molecule has 2 amide bonds. The Bertz CT molecular complexity index is 2540. The number of esters is 1. The lowest BCUT2D eigenvalue weighted by Crippen LogP contribution is -2.40. The number of aromatic amines is 2. The molecule has 2 atom stereocenters. The average Bonchev–Trinajstić information content (AvgIpc) is 3.82. The normalized spacial score (nSPS) is 17.8. The van der Waals surface area contributed by atoms with E-state index in [2.05, 4.69) is 23.8 Å². The monoisotopic (exact) mass is 805 g/mol. The number of rotatable bonds is 6. The van der Waals surface area contributed by atoms with Crippen LogP contribution < -0.4 is 0 Å². The van der Waals surface area contributed by atoms with E-state index in [1.165, 1.54) is 7.11 Å². The molecule has 7 rings (SSSR count). The zero-order valence-electron chi connectivity index (χ0n) is 33.1. The van der Waals surface area contributed by atoms with Gasteiger partial charge in [0, 0.05) is 35.2 Å². The number of ether oxygens (including phenoxy) is 1. The van der Waals surface area contributed by atoms with Crippen LogP contribution in [0.3, 0.4) is 0 Å². The molecule has 0 spiro atoms. The average molecular weight is 806 g/mol. The Morgan fingerprint density at radius 1 is 0.793 bits per heavy atom. The van der Waals surface area contributed by atoms with Gasteiger partial charge in [-0.15, -0.1) is 0 Å². The number of alkyl halides is 6. The smallest absolute Gasteiger partial charge is 0.416 e. The number of aryl methyl sites for hydroxylation is 1. The van der Waals surface area contributed by atoms with Gasteiger partial charge in [-0.05, 0) is 110 Å². The Morgan fingerprint density at radius 3 is 1.95 bits per heavy atom. The number of aromatic nitrogens is 4. The SMILES string of the molecule is COC(=O)CC[C@@H]1c2[nH]c(cc3nc(cc4nc(cc5[nH]c6c2C(=O)N(Cc2cc(C(F)(F)F)cc(C(F)(F)F)c2)C(=O)c6c5C)C(C)=C4C)C(C(C)C)=C3C)[C@H]1C. The fraction of sp³-hybridized carbons (Fsp3) is 0.372. The van der Waals surface area contributed by atoms with E-state index in [9.17, 15) is 40.7 Å². The van der Waals surface area contributed by atoms with Gasteiger partial charge in [-0.25, -0.2) is 9.97 Å². The number of allylic oxidation sites excluding steroid dienone is 4. The van der Waals surface area contributed by atoms with Crippen molar-refractivity contribution in [2.24, 2.45) is 5.92 Å². The predicted octanol–water partition coefficient (Wildman–Crippen LogP) is 10.6. The molecule has 58 heavy (non-hydrogen) atoms. The summed E-state index contributed by atoms with van der Waals surface area (Å²) < 4.78 is 88.5. The Morgan fingerprint density at radius 2 is 1.36 bits per heavy atom. The number of nitrogens with zero attached hydrogens (tertiary/aromatic N) is 3. The highest BCUT2D eigenvalue weighted by molar-refractivity contribution is 6.23. The summed E-state index contributed by atoms with van der Waals surface area (Å²) in [5.74, 6) is -3.17. The highest BCUT2D eigenvalue weighted by Crippen LogP contribution is 2.46. The van der Waals surface area contributed by atoms with E-state index in [0.717, 1.165) is 28.0 Å². The minimum atomic E-state index is -5.15. The Kier molecular flexibility index (Phi) is 9.96. The summed E-state index contributed by atoms with van der Waals surface area (Å²) in [6.07, 6.45) is -10.1. The number of carbonyl (C=O) groups excluding carboxylic acids is 3. The summed E-state index contributed by atoms with van der Waals surface area (Å²) in [4.78, 5) is 59.2. The number of halogens is 6. The molecule has 2 aromatic heterocycles. The number of carbonyl (C=O) groups is 3. The second-order valence-corrected chi connectivity index (χ2v) is 15.5. The number of hydrogen-bond acceptors (Lipinski definition) is 6. The van der Waals surface area contributed by atoms with Crippen molar-refractivity contribution < 1.29 is 45.5 Å². The molecule has 3 aromatic rings. The summed E-state index contributed by atoms with van der Waals surface area (Å²) in [6.45, 7) is 12.6. The zero-order chi connectivity index (χ0) is 42.3. The number of methoxy groups -OCH3 is 1. The summed E-state index contributed by atoms with van der Waals surface area (Å²) in [5, 5.41) is 0. The van der Waals surface area contributed by atoms with Gasteiger partial charge in [0.25, 0.3) is 11.8 Å². The van der Waals surface area contributed by atoms with Gasteiger partial charge in [0.1, 0.15) is 0 Å². The molecule has 8 bridgehead atoms. The van der Waals surface area contributed by atoms with Crippen molar-refractivity contribution in [1.82, 2.24) is 24.8 Å². The number of amides is 2. The van der Waals surface area contributed by atoms with Crippen LogP contribution in [0.15, 0.2) is 36.4 Å². The number of H-pyrrole nitrogens is 2. The lowest BCUT2D eigenvalue weighted by Gasteiger charge is -2.28. The summed E-state index contributed by atoms with van der Waals surface area (Å²) in [5.41, 5.74) is 4.60. The quantitative estimate of drug-likeness (QED) is 0.145. The molecule has 0 fully saturated rings. The van der Waals surface area contributed by atoms with Crippen molar-refractivity contribution in [3.8, 4) is 0 Å². The van der Waals surface area contributed by atoms with Crippen molar-refractivity contribution in [2.45, 2.75) is 92.0 Å². The van der Waals surface area contributed by atoms with Crippen LogP contribution in [0, 0.1) is 12.8 Å². The fourth-order valence-electron chi connectivity index (χ4n) is 8.34. The molecule has 4 aliphatic heterocycles. The minimum Gasteiger partial charge on any atom is -0.469 e. The number of nitrogens with one attached hydrogen (secondary N) is 2. The molecule has 15 heteroatoms. The Balaban J connectivity index is 1.56. The van der Waals surface area contributed by atoms with Crippen LogP contribution in [0.4, 0.5) is 26.3 Å². The predicted molar refractivity (Wildman–Crippen MR) is 206 cm³/mol. The van der Waals surface area contributed by atoms with Crippen molar-refractivity contribution >= 4 is 51.1 Å². The third-order valence-corrected chi connectivity index (χ3v) is 11.6. The minimum absolute atomic E-state index is 0.00513. The Labute approximate surface area is 329 Å². The molecular weight excluding hydrogens is 764 g/mol. The molecule has 0 aliphatic carbocycles. The van der Waals surface area contributed by atoms with E-state index < -0.39 is 59.3 Å². The molecule has 304 valence electrons. The van der Waals surface area contributed by atoms with Crippen molar-refractivity contribution in [2.75, 3.05) is 7.11 Å². The van der Waals surface area contributed by atoms with Gasteiger partial charge in [0.15, 0.2) is 0 Å². The van der Waals surface area contributed by atoms with Crippen LogP contribution in [0.2, 0.25) is 0 Å². The van der Waals surface area contributed by atoms with E-state index in [1.807, 2.05) is 39.8 Å². The van der Waals surface area contributed by atoms with Crippen LogP contribution in [0.1, 0.15) is 143 Å². The van der Waals surface area contributed by atoms with Crippen LogP contribution in [0.25, 0.3) is 33.3 Å². The molecule has 0 saturated heterocycles. The number of benzene rings is 1. The summed E-state index contributed by atoms with van der Waals surface area (Å²) >= 11 is 0. The number of hydrogen-bond donors (Lipinski definition) is 2. The summed E-state index contributed by atoms with van der Waals surface area (Å²) in [6, 6.07) is 6.59. The third kappa shape index (κ3) is 6.87. The Hall–Kier alpha value is -5.73. The summed E-state index contributed by atoms with van der Waals surface area (Å²) in [7, 11) is 1.26. The van der Waals surface area contributed by atoms with Gasteiger partial charge >= 0.3 is 18.3 Å². The van der Waals surface area contributed by atoms with Gasteiger partial charge in [-0.3, -0.25) is 19.3 Å². The first kappa shape index (κ1) is 40.5. The van der Waals surface area contributed by atoms with Crippen LogP contribution in [-0.4, -0.2) is 49.7 Å². The third-order valence-electron chi connectivity index (χ3n) is 11.6. The van der Waals surface area contributed by atoms with Gasteiger partial charge in [-0.1, -0.05) is 20.8 Å². The molecule has 0 unspecified atom stereocenters. The molecule has 6 heterocycles. The molecule has 2 N–H and O–H groups in total. The molecule has 4 aliphatic rings. The first-order chi connectivity index (χ1) is 27.1. The van der Waals surface area contributed by atoms with Gasteiger partial charge in [0.05, 0.1) is 64.2 Å². The van der Waals surface area contributed by atoms with Crippen molar-refractivity contribution in [1.29, 1.82) is 0 Å². The molecule has 0 radical (unpaired) electrons. The van der Waals surface area contributed by atoms with E-state index in [4.69, 9.17) is 14.7 Å². The van der Waals surface area contributed by atoms with E-state index in [-0.39, 0.29) is 47.4 Å². The maximum absolute atomic E-state index is 14.9. The molecular formula is C43H41F6N5O4. The standard InChI is InChI=1S/C43H41F6N5O4/c1-18(2)35-22(6)31-15-30-21(5)27(9-10-34(55)58-8)38(52-30)37-39-36(23(7)32(53-39)14-28-19(3)20(4)29(50-28)16-33(35)51-31)40(56)54(41(37)57)17-24-11-25(42(44,45)46)13-26(12-24)43(47,48)49/h11-16,18,21,27,52-53H,9-10,17H2,1-8H3/t21-,27-/m0/s1. The molecule has 0 saturated carbocycles. The van der Waals surface area contributed by atoms with Gasteiger partial charge in [0.2, 0.25) is 0 Å². The lowest BCUT2D eigenvalue weighted by atomic mass is 9.84. The first-order valence-electron chi connectivity index (χ1n) is 18.8. The van der Waals surface area contributed by atoms with E-state index >= 15 is 0 Å². The van der Waals surface area contributed by atoms with Gasteiger partial charge in [-0.2, -0.15) is 26.3 Å². The van der Waals surface area contributed by atoms with Crippen LogP contribution >= 0.6 is 0 Å². The van der Waals surface area contributed by atoms with E-state index in [0.29, 0.717) is 56.6 Å². The van der Waals surface area contributed by atoms with Crippen LogP contribution in [-0.2, 0) is 28.4 Å². The van der Waals surface area contributed by atoms with Crippen molar-refractivity contribution in [3.05, 3.63) is 104 Å². The van der Waals surface area contributed by atoms with E-state index in [1.54, 1.807) is 13.0 Å². The maximum atomic E-state index is 14.9. The topological polar surface area (TPSA) is 121 Å². The lowest BCUT2D eigenvalue weighted by molar-refractivity contribution is -0.143. The highest BCUT2D eigenvalue weighted by Gasteiger charge is 2.42. The second-order valence-electron chi connectivity index (χ2n) is 15.5. The largest absolute Gasteiger partial charge is 0.469 e. The fourth-order valence-corrected chi connectivity index (χ4v) is 8.34. The first-order valence-corrected chi connectivity index (χ1v) is 18.8. The van der Waals surface area contributed by atoms with Crippen molar-refractivity contribution in [3.63, 3.8) is 0 Å². The number of fused-ring (bicyclic) bond motifs is 8. The maximum Gasteiger partial charge on any atom is 0.416 e. The second kappa shape index (κ2) is 14.3. The highest BCUT2D eigenvalue weighted by atomic mass is 19.4. The van der Waals surface area contributed by atoms with Gasteiger partial charge < -0.3 is 14.7 Å². The van der Waals surface area contributed by atoms with Crippen LogP contribution in [0.5, 0.6) is 0 Å². The molecule has 9 nitrogen and oxygen atoms in total. The number of imide groups is 1. The molecule has 1 aromatic carbocycles. The zero-order valence-corrected chi connectivity index (χ0v) is 33.1.